The molecule has 0 saturated carbocycles. The quantitative estimate of drug-likeness (QED) is 0.791. The minimum Gasteiger partial charge on any atom is -0.372 e. The highest BCUT2D eigenvalue weighted by Crippen LogP contribution is 2.34. The SMILES string of the molecule is Cc1c(N[C@H]2CCc3ccc(F)cc32)c(=O)n(-c2ccccc2)n1C. The summed E-state index contributed by atoms with van der Waals surface area (Å²) in [6.45, 7) is 1.92. The molecule has 0 unspecified atom stereocenters. The average molecular weight is 337 g/mol. The first-order chi connectivity index (χ1) is 12.1. The van der Waals surface area contributed by atoms with E-state index in [2.05, 4.69) is 5.32 Å². The summed E-state index contributed by atoms with van der Waals surface area (Å²) < 4.78 is 17.1. The van der Waals surface area contributed by atoms with Crippen LogP contribution in [0.4, 0.5) is 10.1 Å². The van der Waals surface area contributed by atoms with Crippen LogP contribution in [-0.2, 0) is 13.5 Å². The number of hydrogen-bond acceptors (Lipinski definition) is 2. The summed E-state index contributed by atoms with van der Waals surface area (Å²) in [5.41, 5.74) is 4.28. The van der Waals surface area contributed by atoms with Gasteiger partial charge in [-0.1, -0.05) is 24.3 Å². The smallest absolute Gasteiger partial charge is 0.295 e. The second-order valence-electron chi connectivity index (χ2n) is 6.52. The van der Waals surface area contributed by atoms with Crippen molar-refractivity contribution in [3.63, 3.8) is 0 Å². The molecule has 1 heterocycles. The summed E-state index contributed by atoms with van der Waals surface area (Å²) in [4.78, 5) is 13.0. The number of halogens is 1. The lowest BCUT2D eigenvalue weighted by molar-refractivity contribution is 0.624. The maximum Gasteiger partial charge on any atom is 0.295 e. The molecule has 4 rings (SSSR count). The van der Waals surface area contributed by atoms with Crippen LogP contribution in [0, 0.1) is 12.7 Å². The monoisotopic (exact) mass is 337 g/mol. The number of fused-ring (bicyclic) bond motifs is 1. The van der Waals surface area contributed by atoms with Gasteiger partial charge < -0.3 is 5.32 Å². The van der Waals surface area contributed by atoms with Crippen molar-refractivity contribution >= 4 is 5.69 Å². The second kappa shape index (κ2) is 5.92. The van der Waals surface area contributed by atoms with Gasteiger partial charge in [0.05, 0.1) is 17.4 Å². The molecule has 25 heavy (non-hydrogen) atoms. The standard InChI is InChI=1S/C20H20FN3O/c1-13-19(20(25)24(23(13)2)16-6-4-3-5-7-16)22-18-11-9-14-8-10-15(21)12-17(14)18/h3-8,10,12,18,22H,9,11H2,1-2H3/t18-/m0/s1. The highest BCUT2D eigenvalue weighted by Gasteiger charge is 2.26. The minimum atomic E-state index is -0.237. The maximum atomic E-state index is 13.6. The number of para-hydroxylation sites is 1. The molecule has 0 fully saturated rings. The van der Waals surface area contributed by atoms with E-state index in [0.717, 1.165) is 35.3 Å². The van der Waals surface area contributed by atoms with Crippen molar-refractivity contribution in [2.75, 3.05) is 5.32 Å². The van der Waals surface area contributed by atoms with Crippen LogP contribution >= 0.6 is 0 Å². The number of aryl methyl sites for hydroxylation is 1. The predicted molar refractivity (Wildman–Crippen MR) is 96.8 cm³/mol. The molecule has 1 N–H and O–H groups in total. The zero-order valence-corrected chi connectivity index (χ0v) is 14.3. The summed E-state index contributed by atoms with van der Waals surface area (Å²) in [5.74, 6) is -0.237. The number of aromatic nitrogens is 2. The van der Waals surface area contributed by atoms with Crippen LogP contribution in [-0.4, -0.2) is 9.36 Å². The van der Waals surface area contributed by atoms with Crippen LogP contribution in [0.1, 0.15) is 29.3 Å². The lowest BCUT2D eigenvalue weighted by Gasteiger charge is -2.14. The molecular weight excluding hydrogens is 317 g/mol. The first kappa shape index (κ1) is 15.7. The zero-order valence-electron chi connectivity index (χ0n) is 14.3. The van der Waals surface area contributed by atoms with E-state index in [1.807, 2.05) is 55.1 Å². The van der Waals surface area contributed by atoms with Gasteiger partial charge in [-0.3, -0.25) is 9.48 Å². The van der Waals surface area contributed by atoms with Crippen molar-refractivity contribution < 1.29 is 4.39 Å². The van der Waals surface area contributed by atoms with E-state index in [4.69, 9.17) is 0 Å². The number of anilines is 1. The number of rotatable bonds is 3. The van der Waals surface area contributed by atoms with Crippen molar-refractivity contribution in [3.8, 4) is 5.69 Å². The lowest BCUT2D eigenvalue weighted by atomic mass is 10.1. The minimum absolute atomic E-state index is 0.0382. The molecule has 1 aliphatic rings. The van der Waals surface area contributed by atoms with Gasteiger partial charge >= 0.3 is 0 Å². The number of hydrogen-bond donors (Lipinski definition) is 1. The summed E-state index contributed by atoms with van der Waals surface area (Å²) >= 11 is 0. The predicted octanol–water partition coefficient (Wildman–Crippen LogP) is 3.72. The third-order valence-electron chi connectivity index (χ3n) is 5.06. The van der Waals surface area contributed by atoms with Crippen molar-refractivity contribution in [2.24, 2.45) is 7.05 Å². The Hall–Kier alpha value is -2.82. The molecule has 0 spiro atoms. The topological polar surface area (TPSA) is 39.0 Å². The van der Waals surface area contributed by atoms with E-state index in [0.29, 0.717) is 5.69 Å². The molecule has 1 aliphatic carbocycles. The Kier molecular flexibility index (Phi) is 3.71. The molecule has 5 heteroatoms. The number of benzene rings is 2. The van der Waals surface area contributed by atoms with Crippen molar-refractivity contribution in [2.45, 2.75) is 25.8 Å². The Bertz CT molecular complexity index is 988. The molecule has 0 amide bonds. The van der Waals surface area contributed by atoms with Gasteiger partial charge in [0, 0.05) is 7.05 Å². The average Bonchev–Trinajstić information content (AvgIpc) is 3.10. The van der Waals surface area contributed by atoms with E-state index < -0.39 is 0 Å². The fourth-order valence-electron chi connectivity index (χ4n) is 3.63. The molecule has 0 aliphatic heterocycles. The number of nitrogens with one attached hydrogen (secondary N) is 1. The molecule has 3 aromatic rings. The van der Waals surface area contributed by atoms with Crippen LogP contribution in [0.3, 0.4) is 0 Å². The first-order valence-electron chi connectivity index (χ1n) is 8.45. The normalized spacial score (nSPS) is 16.0. The zero-order chi connectivity index (χ0) is 17.6. The van der Waals surface area contributed by atoms with Gasteiger partial charge in [-0.2, -0.15) is 0 Å². The van der Waals surface area contributed by atoms with E-state index in [1.54, 1.807) is 10.7 Å². The Morgan fingerprint density at radius 3 is 2.68 bits per heavy atom. The second-order valence-corrected chi connectivity index (χ2v) is 6.52. The molecule has 128 valence electrons. The molecule has 0 radical (unpaired) electrons. The van der Waals surface area contributed by atoms with Gasteiger partial charge in [-0.05, 0) is 55.2 Å². The van der Waals surface area contributed by atoms with Crippen molar-refractivity contribution in [1.29, 1.82) is 0 Å². The van der Waals surface area contributed by atoms with Crippen LogP contribution in [0.15, 0.2) is 53.3 Å². The molecule has 1 atom stereocenters. The van der Waals surface area contributed by atoms with Crippen LogP contribution in [0.25, 0.3) is 5.69 Å². The summed E-state index contributed by atoms with van der Waals surface area (Å²) in [6.07, 6.45) is 1.75. The lowest BCUT2D eigenvalue weighted by Crippen LogP contribution is -2.21. The molecule has 1 aromatic heterocycles. The fraction of sp³-hybridized carbons (Fsp3) is 0.250. The number of nitrogens with zero attached hydrogens (tertiary/aromatic N) is 2. The van der Waals surface area contributed by atoms with Crippen LogP contribution in [0.5, 0.6) is 0 Å². The molecular formula is C20H20FN3O. The summed E-state index contributed by atoms with van der Waals surface area (Å²) in [5, 5.41) is 3.37. The fourth-order valence-corrected chi connectivity index (χ4v) is 3.63. The van der Waals surface area contributed by atoms with E-state index >= 15 is 0 Å². The highest BCUT2D eigenvalue weighted by atomic mass is 19.1. The van der Waals surface area contributed by atoms with E-state index in [-0.39, 0.29) is 17.4 Å². The molecule has 2 aromatic carbocycles. The Balaban J connectivity index is 1.74. The summed E-state index contributed by atoms with van der Waals surface area (Å²) in [6, 6.07) is 14.4. The van der Waals surface area contributed by atoms with Gasteiger partial charge in [0.25, 0.3) is 5.56 Å². The van der Waals surface area contributed by atoms with Gasteiger partial charge in [-0.25, -0.2) is 9.07 Å². The summed E-state index contributed by atoms with van der Waals surface area (Å²) in [7, 11) is 1.87. The molecule has 0 bridgehead atoms. The van der Waals surface area contributed by atoms with Crippen molar-refractivity contribution in [3.05, 3.63) is 81.5 Å². The van der Waals surface area contributed by atoms with Gasteiger partial charge in [0.2, 0.25) is 0 Å². The maximum absolute atomic E-state index is 13.6. The third kappa shape index (κ3) is 2.56. The van der Waals surface area contributed by atoms with Crippen LogP contribution < -0.4 is 10.9 Å². The van der Waals surface area contributed by atoms with Gasteiger partial charge in [-0.15, -0.1) is 0 Å². The van der Waals surface area contributed by atoms with Gasteiger partial charge in [0.15, 0.2) is 0 Å². The Labute approximate surface area is 145 Å². The highest BCUT2D eigenvalue weighted by molar-refractivity contribution is 5.52. The Morgan fingerprint density at radius 1 is 1.16 bits per heavy atom. The van der Waals surface area contributed by atoms with E-state index in [9.17, 15) is 9.18 Å². The van der Waals surface area contributed by atoms with E-state index in [1.165, 1.54) is 6.07 Å². The molecule has 4 nitrogen and oxygen atoms in total. The van der Waals surface area contributed by atoms with Gasteiger partial charge in [0.1, 0.15) is 11.5 Å². The Morgan fingerprint density at radius 2 is 1.92 bits per heavy atom. The largest absolute Gasteiger partial charge is 0.372 e. The molecule has 0 saturated heterocycles. The van der Waals surface area contributed by atoms with Crippen LogP contribution in [0.2, 0.25) is 0 Å². The van der Waals surface area contributed by atoms with Crippen molar-refractivity contribution in [1.82, 2.24) is 9.36 Å². The first-order valence-corrected chi connectivity index (χ1v) is 8.45. The third-order valence-corrected chi connectivity index (χ3v) is 5.06.